The van der Waals surface area contributed by atoms with Crippen LogP contribution in [0.1, 0.15) is 56.7 Å². The van der Waals surface area contributed by atoms with E-state index < -0.39 is 0 Å². The summed E-state index contributed by atoms with van der Waals surface area (Å²) in [5, 5.41) is 7.62. The van der Waals surface area contributed by atoms with E-state index in [1.807, 2.05) is 25.1 Å². The molecular weight excluding hydrogens is 414 g/mol. The molecule has 2 aliphatic heterocycles. The monoisotopic (exact) mass is 449 g/mol. The Morgan fingerprint density at radius 2 is 1.79 bits per heavy atom. The van der Waals surface area contributed by atoms with Gasteiger partial charge in [0.15, 0.2) is 5.84 Å². The van der Waals surface area contributed by atoms with Gasteiger partial charge in [-0.2, -0.15) is 5.10 Å². The van der Waals surface area contributed by atoms with Crippen molar-refractivity contribution in [3.05, 3.63) is 71.3 Å². The van der Waals surface area contributed by atoms with Crippen LogP contribution < -0.4 is 26.9 Å². The molecule has 2 aromatic carbocycles. The molecule has 2 aliphatic rings. The van der Waals surface area contributed by atoms with E-state index >= 15 is 0 Å². The van der Waals surface area contributed by atoms with Gasteiger partial charge in [-0.1, -0.05) is 49.4 Å². The number of carbonyl (C=O) groups excluding carboxylic acids is 1. The number of para-hydroxylation sites is 1. The van der Waals surface area contributed by atoms with E-state index in [9.17, 15) is 4.79 Å². The second-order valence-electron chi connectivity index (χ2n) is 8.60. The maximum absolute atomic E-state index is 9.44. The van der Waals surface area contributed by atoms with Crippen LogP contribution in [-0.4, -0.2) is 36.5 Å². The van der Waals surface area contributed by atoms with Crippen molar-refractivity contribution < 1.29 is 9.53 Å². The molecule has 1 atom stereocenters. The van der Waals surface area contributed by atoms with Crippen LogP contribution in [0, 0.1) is 0 Å². The molecular formula is C26H35N5O2. The van der Waals surface area contributed by atoms with Crippen molar-refractivity contribution in [1.29, 1.82) is 0 Å². The fraction of sp³-hybridized carbons (Fsp3) is 0.385. The van der Waals surface area contributed by atoms with Crippen molar-refractivity contribution in [2.24, 2.45) is 16.6 Å². The van der Waals surface area contributed by atoms with Gasteiger partial charge in [-0.05, 0) is 56.6 Å². The number of hydrazone groups is 1. The van der Waals surface area contributed by atoms with Gasteiger partial charge in [0, 0.05) is 24.0 Å². The fourth-order valence-electron chi connectivity index (χ4n) is 3.83. The lowest BCUT2D eigenvalue weighted by Crippen LogP contribution is -2.46. The van der Waals surface area contributed by atoms with Crippen molar-refractivity contribution in [2.75, 3.05) is 13.1 Å². The number of carbonyl (C=O) groups is 1. The molecule has 1 fully saturated rings. The Kier molecular flexibility index (Phi) is 8.25. The van der Waals surface area contributed by atoms with Crippen LogP contribution >= 0.6 is 0 Å². The van der Waals surface area contributed by atoms with Crippen LogP contribution in [0.3, 0.4) is 0 Å². The van der Waals surface area contributed by atoms with E-state index in [-0.39, 0.29) is 17.6 Å². The normalized spacial score (nSPS) is 17.6. The number of amidine groups is 1. The van der Waals surface area contributed by atoms with Crippen LogP contribution in [0.2, 0.25) is 0 Å². The Bertz CT molecular complexity index is 1000. The molecule has 33 heavy (non-hydrogen) atoms. The van der Waals surface area contributed by atoms with E-state index in [0.717, 1.165) is 54.8 Å². The number of nitrogens with two attached hydrogens (primary N) is 2. The maximum atomic E-state index is 9.44. The van der Waals surface area contributed by atoms with Gasteiger partial charge >= 0.3 is 0 Å². The number of rotatable bonds is 5. The van der Waals surface area contributed by atoms with Gasteiger partial charge in [-0.3, -0.25) is 5.43 Å². The summed E-state index contributed by atoms with van der Waals surface area (Å²) in [6.07, 6.45) is 4.82. The summed E-state index contributed by atoms with van der Waals surface area (Å²) in [7, 11) is 0. The Hall–Kier alpha value is -3.16. The molecule has 1 saturated heterocycles. The molecule has 0 amide bonds. The summed E-state index contributed by atoms with van der Waals surface area (Å²) < 4.78 is 6.46. The summed E-state index contributed by atoms with van der Waals surface area (Å²) in [5.41, 5.74) is 18.9. The number of Topliss-reactive ketones (excluding diaryl/α,β-unsaturated/α-hetero) is 1. The maximum Gasteiger partial charge on any atom is 0.150 e. The van der Waals surface area contributed by atoms with Gasteiger partial charge in [-0.15, -0.1) is 0 Å². The molecule has 1 spiro atoms. The molecule has 1 unspecified atom stereocenters. The van der Waals surface area contributed by atoms with E-state index in [4.69, 9.17) is 16.2 Å². The first-order chi connectivity index (χ1) is 15.8. The number of benzene rings is 2. The Morgan fingerprint density at radius 1 is 1.15 bits per heavy atom. The van der Waals surface area contributed by atoms with Crippen LogP contribution in [0.4, 0.5) is 0 Å². The van der Waals surface area contributed by atoms with Gasteiger partial charge in [0.1, 0.15) is 17.1 Å². The molecule has 7 nitrogen and oxygen atoms in total. The third-order valence-electron chi connectivity index (χ3n) is 5.63. The molecule has 0 radical (unpaired) electrons. The molecule has 0 bridgehead atoms. The van der Waals surface area contributed by atoms with Crippen molar-refractivity contribution in [2.45, 2.75) is 51.8 Å². The zero-order valence-corrected chi connectivity index (χ0v) is 19.7. The summed E-state index contributed by atoms with van der Waals surface area (Å²) in [4.78, 5) is 9.44. The highest BCUT2D eigenvalue weighted by atomic mass is 16.5. The predicted molar refractivity (Wildman–Crippen MR) is 134 cm³/mol. The Balaban J connectivity index is 0.000000709. The number of nitrogens with zero attached hydrogens (tertiary/aromatic N) is 1. The molecule has 2 heterocycles. The molecule has 0 saturated carbocycles. The van der Waals surface area contributed by atoms with Crippen LogP contribution in [0.25, 0.3) is 5.57 Å². The highest BCUT2D eigenvalue weighted by Gasteiger charge is 2.36. The minimum absolute atomic E-state index is 0.167. The van der Waals surface area contributed by atoms with Crippen LogP contribution in [0.15, 0.2) is 59.7 Å². The van der Waals surface area contributed by atoms with Gasteiger partial charge in [-0.25, -0.2) is 0 Å². The van der Waals surface area contributed by atoms with Gasteiger partial charge in [0.25, 0.3) is 0 Å². The van der Waals surface area contributed by atoms with E-state index in [1.54, 1.807) is 0 Å². The third kappa shape index (κ3) is 6.43. The van der Waals surface area contributed by atoms with Crippen molar-refractivity contribution >= 4 is 17.2 Å². The van der Waals surface area contributed by atoms with E-state index in [1.165, 1.54) is 19.4 Å². The Labute approximate surface area is 196 Å². The number of piperidine rings is 1. The van der Waals surface area contributed by atoms with Crippen LogP contribution in [0.5, 0.6) is 5.75 Å². The van der Waals surface area contributed by atoms with Crippen molar-refractivity contribution in [1.82, 2.24) is 10.7 Å². The van der Waals surface area contributed by atoms with Crippen molar-refractivity contribution in [3.8, 4) is 5.75 Å². The molecule has 2 aromatic rings. The number of fused-ring (bicyclic) bond motifs is 1. The average molecular weight is 450 g/mol. The second-order valence-corrected chi connectivity index (χ2v) is 8.60. The predicted octanol–water partition coefficient (Wildman–Crippen LogP) is 3.13. The molecule has 0 aromatic heterocycles. The highest BCUT2D eigenvalue weighted by molar-refractivity contribution is 5.98. The first-order valence-corrected chi connectivity index (χ1v) is 11.5. The minimum atomic E-state index is -0.242. The quantitative estimate of drug-likeness (QED) is 0.241. The van der Waals surface area contributed by atoms with Crippen molar-refractivity contribution in [3.63, 3.8) is 0 Å². The zero-order chi connectivity index (χ0) is 23.8. The zero-order valence-electron chi connectivity index (χ0n) is 19.7. The third-order valence-corrected chi connectivity index (χ3v) is 5.63. The van der Waals surface area contributed by atoms with Gasteiger partial charge in [0.05, 0.1) is 6.17 Å². The molecule has 7 heteroatoms. The lowest BCUT2D eigenvalue weighted by molar-refractivity contribution is -0.114. The number of ketones is 1. The lowest BCUT2D eigenvalue weighted by Gasteiger charge is -2.40. The molecule has 4 rings (SSSR count). The topological polar surface area (TPSA) is 115 Å². The lowest BCUT2D eigenvalue weighted by atomic mass is 9.83. The summed E-state index contributed by atoms with van der Waals surface area (Å²) >= 11 is 0. The standard InChI is InChI=1S/C23H29N5O.C3H6O/c1-2-21(24)27-28-22(25)17-9-7-16(8-10-17)19-15-23(11-13-26-14-12-23)29-20-6-4-3-5-18(19)20;1-3(2)4/h3-10,15,21,26-27H,2,11-14,24H2,1H3,(H2,25,28);1-2H3. The van der Waals surface area contributed by atoms with E-state index in [2.05, 4.69) is 52.3 Å². The minimum Gasteiger partial charge on any atom is -0.482 e. The average Bonchev–Trinajstić information content (AvgIpc) is 2.82. The smallest absolute Gasteiger partial charge is 0.150 e. The SMILES string of the molecule is CC(C)=O.CCC(N)N/N=C(\N)c1ccc(C2=CC3(CCNCC3)Oc3ccccc32)cc1. The van der Waals surface area contributed by atoms with E-state index in [0.29, 0.717) is 5.84 Å². The molecule has 6 N–H and O–H groups in total. The largest absolute Gasteiger partial charge is 0.482 e. The number of hydrogen-bond acceptors (Lipinski definition) is 6. The first-order valence-electron chi connectivity index (χ1n) is 11.5. The van der Waals surface area contributed by atoms with Crippen LogP contribution in [-0.2, 0) is 4.79 Å². The fourth-order valence-corrected chi connectivity index (χ4v) is 3.83. The molecule has 176 valence electrons. The second kappa shape index (κ2) is 11.1. The number of ether oxygens (including phenoxy) is 1. The number of hydrogen-bond donors (Lipinski definition) is 4. The highest BCUT2D eigenvalue weighted by Crippen LogP contribution is 2.42. The van der Waals surface area contributed by atoms with Gasteiger partial charge < -0.3 is 26.3 Å². The summed E-state index contributed by atoms with van der Waals surface area (Å²) in [6.45, 7) is 6.97. The van der Waals surface area contributed by atoms with Gasteiger partial charge in [0.2, 0.25) is 0 Å². The number of nitrogens with one attached hydrogen (secondary N) is 2. The molecule has 0 aliphatic carbocycles. The summed E-state index contributed by atoms with van der Waals surface area (Å²) in [5.74, 6) is 1.55. The first kappa shape index (κ1) is 24.5. The Morgan fingerprint density at radius 3 is 2.42 bits per heavy atom. The summed E-state index contributed by atoms with van der Waals surface area (Å²) in [6, 6.07) is 16.5.